The first-order valence-corrected chi connectivity index (χ1v) is 7.62. The van der Waals surface area contributed by atoms with Crippen molar-refractivity contribution in [3.8, 4) is 0 Å². The molecule has 3 heterocycles. The largest absolute Gasteiger partial charge is 0.341 e. The molecule has 3 aromatic rings. The second-order valence-electron chi connectivity index (χ2n) is 4.39. The van der Waals surface area contributed by atoms with Gasteiger partial charge in [-0.15, -0.1) is 0 Å². The second kappa shape index (κ2) is 6.29. The number of fused-ring (bicyclic) bond motifs is 1. The Hall–Kier alpha value is -2.19. The third-order valence-electron chi connectivity index (χ3n) is 2.82. The van der Waals surface area contributed by atoms with Gasteiger partial charge in [0, 0.05) is 6.20 Å². The molecule has 0 saturated carbocycles. The van der Waals surface area contributed by atoms with Crippen molar-refractivity contribution in [2.24, 2.45) is 0 Å². The molecule has 0 bridgehead atoms. The van der Waals surface area contributed by atoms with Crippen molar-refractivity contribution in [2.45, 2.75) is 17.2 Å². The van der Waals surface area contributed by atoms with Gasteiger partial charge in [0.1, 0.15) is 22.7 Å². The molecule has 0 fully saturated rings. The van der Waals surface area contributed by atoms with E-state index in [4.69, 9.17) is 11.6 Å². The predicted molar refractivity (Wildman–Crippen MR) is 84.9 cm³/mol. The number of aromatic nitrogens is 5. The highest BCUT2D eigenvalue weighted by atomic mass is 35.5. The minimum atomic E-state index is -0.362. The summed E-state index contributed by atoms with van der Waals surface area (Å²) in [5, 5.41) is 3.56. The summed E-state index contributed by atoms with van der Waals surface area (Å²) in [6.45, 7) is 1.79. The Balaban J connectivity index is 1.71. The molecule has 0 aliphatic rings. The van der Waals surface area contributed by atoms with Crippen LogP contribution in [0.15, 0.2) is 36.0 Å². The summed E-state index contributed by atoms with van der Waals surface area (Å²) in [6, 6.07) is 3.32. The fourth-order valence-corrected chi connectivity index (χ4v) is 2.72. The summed E-state index contributed by atoms with van der Waals surface area (Å²) in [6.07, 6.45) is 4.45. The van der Waals surface area contributed by atoms with Gasteiger partial charge in [-0.25, -0.2) is 19.9 Å². The van der Waals surface area contributed by atoms with Crippen molar-refractivity contribution in [1.82, 2.24) is 24.9 Å². The van der Waals surface area contributed by atoms with Crippen LogP contribution < -0.4 is 5.32 Å². The van der Waals surface area contributed by atoms with Crippen LogP contribution in [-0.4, -0.2) is 36.1 Å². The Labute approximate surface area is 134 Å². The molecule has 22 heavy (non-hydrogen) atoms. The number of halogens is 1. The normalized spacial score (nSPS) is 12.3. The molecular weight excluding hydrogens is 324 g/mol. The molecule has 1 unspecified atom stereocenters. The molecule has 2 N–H and O–H groups in total. The number of nitrogens with zero attached hydrogens (tertiary/aromatic N) is 4. The molecule has 3 rings (SSSR count). The Morgan fingerprint density at radius 2 is 2.18 bits per heavy atom. The van der Waals surface area contributed by atoms with E-state index in [2.05, 4.69) is 30.2 Å². The average molecular weight is 335 g/mol. The van der Waals surface area contributed by atoms with Crippen LogP contribution >= 0.6 is 23.4 Å². The minimum absolute atomic E-state index is 0.175. The summed E-state index contributed by atoms with van der Waals surface area (Å²) in [4.78, 5) is 31.5. The van der Waals surface area contributed by atoms with Crippen LogP contribution in [0.25, 0.3) is 11.2 Å². The third-order valence-corrected chi connectivity index (χ3v) is 4.15. The maximum Gasteiger partial charge on any atom is 0.238 e. The van der Waals surface area contributed by atoms with E-state index in [1.54, 1.807) is 25.4 Å². The maximum absolute atomic E-state index is 12.2. The molecule has 1 atom stereocenters. The van der Waals surface area contributed by atoms with E-state index in [0.717, 1.165) is 5.52 Å². The highest BCUT2D eigenvalue weighted by Crippen LogP contribution is 2.26. The van der Waals surface area contributed by atoms with Gasteiger partial charge in [-0.2, -0.15) is 0 Å². The Kier molecular flexibility index (Phi) is 4.21. The number of nitrogens with one attached hydrogen (secondary N) is 2. The number of anilines is 1. The molecule has 112 valence electrons. The number of imidazole rings is 1. The van der Waals surface area contributed by atoms with Crippen molar-refractivity contribution >= 4 is 46.3 Å². The topological polar surface area (TPSA) is 96.5 Å². The molecule has 0 aromatic carbocycles. The highest BCUT2D eigenvalue weighted by Gasteiger charge is 2.18. The maximum atomic E-state index is 12.2. The standard InChI is InChI=1S/C13H11ClN6OS/c1-7(12(21)20-9-3-2-8(14)4-15-9)22-13-10-11(17-5-16-10)18-6-19-13/h2-7H,1H3,(H,15,20,21)(H,16,17,18,19). The van der Waals surface area contributed by atoms with E-state index in [1.165, 1.54) is 24.3 Å². The zero-order chi connectivity index (χ0) is 15.5. The lowest BCUT2D eigenvalue weighted by atomic mass is 10.4. The van der Waals surface area contributed by atoms with E-state index >= 15 is 0 Å². The van der Waals surface area contributed by atoms with Crippen LogP contribution in [0.2, 0.25) is 5.02 Å². The van der Waals surface area contributed by atoms with E-state index in [1.807, 2.05) is 0 Å². The summed E-state index contributed by atoms with van der Waals surface area (Å²) < 4.78 is 0. The number of pyridine rings is 1. The second-order valence-corrected chi connectivity index (χ2v) is 6.16. The smallest absolute Gasteiger partial charge is 0.238 e. The summed E-state index contributed by atoms with van der Waals surface area (Å²) in [5.41, 5.74) is 1.29. The van der Waals surface area contributed by atoms with Crippen molar-refractivity contribution in [3.63, 3.8) is 0 Å². The van der Waals surface area contributed by atoms with Crippen LogP contribution in [-0.2, 0) is 4.79 Å². The number of hydrogen-bond donors (Lipinski definition) is 2. The minimum Gasteiger partial charge on any atom is -0.341 e. The zero-order valence-corrected chi connectivity index (χ0v) is 13.0. The highest BCUT2D eigenvalue weighted by molar-refractivity contribution is 8.00. The lowest BCUT2D eigenvalue weighted by Crippen LogP contribution is -2.23. The van der Waals surface area contributed by atoms with Crippen molar-refractivity contribution in [2.75, 3.05) is 5.32 Å². The fraction of sp³-hybridized carbons (Fsp3) is 0.154. The van der Waals surface area contributed by atoms with E-state index in [-0.39, 0.29) is 11.2 Å². The average Bonchev–Trinajstić information content (AvgIpc) is 2.99. The van der Waals surface area contributed by atoms with Gasteiger partial charge in [-0.05, 0) is 19.1 Å². The lowest BCUT2D eigenvalue weighted by Gasteiger charge is -2.11. The summed E-state index contributed by atoms with van der Waals surface area (Å²) in [5.74, 6) is 0.280. The van der Waals surface area contributed by atoms with E-state index in [9.17, 15) is 4.79 Å². The van der Waals surface area contributed by atoms with Gasteiger partial charge in [-0.1, -0.05) is 23.4 Å². The van der Waals surface area contributed by atoms with E-state index < -0.39 is 0 Å². The lowest BCUT2D eigenvalue weighted by molar-refractivity contribution is -0.115. The molecule has 0 saturated heterocycles. The Bertz CT molecular complexity index is 806. The quantitative estimate of drug-likeness (QED) is 0.562. The molecule has 1 amide bonds. The van der Waals surface area contributed by atoms with Crippen molar-refractivity contribution < 1.29 is 4.79 Å². The van der Waals surface area contributed by atoms with Crippen LogP contribution in [0.5, 0.6) is 0 Å². The van der Waals surface area contributed by atoms with Gasteiger partial charge in [0.2, 0.25) is 5.91 Å². The fourth-order valence-electron chi connectivity index (χ4n) is 1.73. The van der Waals surface area contributed by atoms with Gasteiger partial charge in [0.15, 0.2) is 5.65 Å². The Morgan fingerprint density at radius 1 is 1.32 bits per heavy atom. The van der Waals surface area contributed by atoms with Gasteiger partial charge >= 0.3 is 0 Å². The van der Waals surface area contributed by atoms with Gasteiger partial charge < -0.3 is 10.3 Å². The molecule has 9 heteroatoms. The summed E-state index contributed by atoms with van der Waals surface area (Å²) >= 11 is 7.08. The molecule has 0 aliphatic carbocycles. The number of rotatable bonds is 4. The number of H-pyrrole nitrogens is 1. The number of aromatic amines is 1. The van der Waals surface area contributed by atoms with Crippen molar-refractivity contribution in [3.05, 3.63) is 36.0 Å². The molecule has 3 aromatic heterocycles. The van der Waals surface area contributed by atoms with E-state index in [0.29, 0.717) is 21.5 Å². The molecular formula is C13H11ClN6OS. The number of thioether (sulfide) groups is 1. The molecule has 0 aliphatic heterocycles. The van der Waals surface area contributed by atoms with Crippen LogP contribution in [0.1, 0.15) is 6.92 Å². The van der Waals surface area contributed by atoms with Crippen LogP contribution in [0.3, 0.4) is 0 Å². The predicted octanol–water partition coefficient (Wildman–Crippen LogP) is 2.52. The van der Waals surface area contributed by atoms with Gasteiger partial charge in [-0.3, -0.25) is 4.79 Å². The first kappa shape index (κ1) is 14.7. The molecule has 0 spiro atoms. The number of carbonyl (C=O) groups excluding carboxylic acids is 1. The zero-order valence-electron chi connectivity index (χ0n) is 11.4. The third kappa shape index (κ3) is 3.18. The van der Waals surface area contributed by atoms with Crippen LogP contribution in [0.4, 0.5) is 5.82 Å². The Morgan fingerprint density at radius 3 is 2.95 bits per heavy atom. The molecule has 0 radical (unpaired) electrons. The van der Waals surface area contributed by atoms with Crippen molar-refractivity contribution in [1.29, 1.82) is 0 Å². The van der Waals surface area contributed by atoms with Crippen LogP contribution in [0, 0.1) is 0 Å². The number of carbonyl (C=O) groups is 1. The molecule has 7 nitrogen and oxygen atoms in total. The summed E-state index contributed by atoms with van der Waals surface area (Å²) in [7, 11) is 0. The SMILES string of the molecule is CC(Sc1ncnc2nc[nH]c12)C(=O)Nc1ccc(Cl)cn1. The monoisotopic (exact) mass is 334 g/mol. The first-order chi connectivity index (χ1) is 10.6. The van der Waals surface area contributed by atoms with Gasteiger partial charge in [0.25, 0.3) is 0 Å². The first-order valence-electron chi connectivity index (χ1n) is 6.36. The number of hydrogen-bond acceptors (Lipinski definition) is 6. The number of amides is 1. The van der Waals surface area contributed by atoms with Gasteiger partial charge in [0.05, 0.1) is 16.6 Å².